The molecule has 0 saturated carbocycles. The van der Waals surface area contributed by atoms with E-state index in [9.17, 15) is 9.59 Å². The summed E-state index contributed by atoms with van der Waals surface area (Å²) in [7, 11) is 1.30. The van der Waals surface area contributed by atoms with E-state index >= 15 is 0 Å². The number of esters is 1. The van der Waals surface area contributed by atoms with E-state index in [2.05, 4.69) is 15.3 Å². The zero-order chi connectivity index (χ0) is 19.5. The third-order valence-corrected chi connectivity index (χ3v) is 4.52. The number of carbonyl (C=O) groups excluding carboxylic acids is 2. The van der Waals surface area contributed by atoms with Crippen LogP contribution in [0.2, 0.25) is 5.02 Å². The molecule has 142 valence electrons. The summed E-state index contributed by atoms with van der Waals surface area (Å²) in [6.45, 7) is -0.168. The fraction of sp³-hybridized carbons (Fsp3) is 0.211. The number of carbonyl (C=O) groups is 2. The molecule has 0 bridgehead atoms. The molecule has 0 aliphatic heterocycles. The SMILES string of the molecule is COC(=O)COc1cccc(/C=N\NC(=O)CCSc2ccc(Cl)cc2)c1. The molecule has 1 amide bonds. The lowest BCUT2D eigenvalue weighted by molar-refractivity contribution is -0.142. The van der Waals surface area contributed by atoms with Gasteiger partial charge in [0.2, 0.25) is 5.91 Å². The van der Waals surface area contributed by atoms with Gasteiger partial charge in [0.25, 0.3) is 0 Å². The number of halogens is 1. The van der Waals surface area contributed by atoms with E-state index < -0.39 is 5.97 Å². The van der Waals surface area contributed by atoms with Gasteiger partial charge in [0, 0.05) is 22.1 Å². The summed E-state index contributed by atoms with van der Waals surface area (Å²) < 4.78 is 9.81. The van der Waals surface area contributed by atoms with Gasteiger partial charge in [-0.25, -0.2) is 10.2 Å². The number of hydrogen-bond donors (Lipinski definition) is 1. The number of ether oxygens (including phenoxy) is 2. The van der Waals surface area contributed by atoms with Gasteiger partial charge in [-0.1, -0.05) is 23.7 Å². The molecule has 0 atom stereocenters. The average molecular weight is 407 g/mol. The Morgan fingerprint density at radius 1 is 1.22 bits per heavy atom. The Kier molecular flexibility index (Phi) is 8.67. The standard InChI is InChI=1S/C19H19ClN2O4S/c1-25-19(24)13-26-16-4-2-3-14(11-16)12-21-22-18(23)9-10-27-17-7-5-15(20)6-8-17/h2-8,11-12H,9-10,13H2,1H3,(H,22,23)/b21-12-. The molecule has 0 aliphatic carbocycles. The van der Waals surface area contributed by atoms with Crippen molar-refractivity contribution in [3.05, 3.63) is 59.1 Å². The number of nitrogens with one attached hydrogen (secondary N) is 1. The molecule has 0 heterocycles. The van der Waals surface area contributed by atoms with Crippen LogP contribution in [-0.2, 0) is 14.3 Å². The van der Waals surface area contributed by atoms with Crippen molar-refractivity contribution in [2.45, 2.75) is 11.3 Å². The lowest BCUT2D eigenvalue weighted by Crippen LogP contribution is -2.17. The van der Waals surface area contributed by atoms with Crippen LogP contribution in [0.5, 0.6) is 5.75 Å². The minimum absolute atomic E-state index is 0.168. The zero-order valence-corrected chi connectivity index (χ0v) is 16.3. The number of amides is 1. The number of nitrogens with zero attached hydrogens (tertiary/aromatic N) is 1. The predicted molar refractivity (Wildman–Crippen MR) is 106 cm³/mol. The minimum atomic E-state index is -0.460. The lowest BCUT2D eigenvalue weighted by atomic mass is 10.2. The van der Waals surface area contributed by atoms with Crippen molar-refractivity contribution in [2.75, 3.05) is 19.5 Å². The highest BCUT2D eigenvalue weighted by molar-refractivity contribution is 7.99. The van der Waals surface area contributed by atoms with E-state index in [-0.39, 0.29) is 12.5 Å². The fourth-order valence-corrected chi connectivity index (χ4v) is 2.89. The van der Waals surface area contributed by atoms with Gasteiger partial charge in [0.1, 0.15) is 5.75 Å². The van der Waals surface area contributed by atoms with Crippen LogP contribution in [-0.4, -0.2) is 37.6 Å². The lowest BCUT2D eigenvalue weighted by Gasteiger charge is -2.05. The largest absolute Gasteiger partial charge is 0.482 e. The molecule has 0 aliphatic rings. The second kappa shape index (κ2) is 11.3. The first-order valence-corrected chi connectivity index (χ1v) is 9.43. The summed E-state index contributed by atoms with van der Waals surface area (Å²) in [5.74, 6) is 0.512. The van der Waals surface area contributed by atoms with Gasteiger partial charge in [-0.3, -0.25) is 4.79 Å². The summed E-state index contributed by atoms with van der Waals surface area (Å²) in [6, 6.07) is 14.4. The zero-order valence-electron chi connectivity index (χ0n) is 14.7. The Balaban J connectivity index is 1.73. The Morgan fingerprint density at radius 2 is 2.00 bits per heavy atom. The van der Waals surface area contributed by atoms with Crippen molar-refractivity contribution >= 4 is 41.5 Å². The van der Waals surface area contributed by atoms with E-state index in [1.807, 2.05) is 24.3 Å². The van der Waals surface area contributed by atoms with Gasteiger partial charge in [0.05, 0.1) is 13.3 Å². The van der Waals surface area contributed by atoms with E-state index in [1.165, 1.54) is 13.3 Å². The van der Waals surface area contributed by atoms with Crippen LogP contribution >= 0.6 is 23.4 Å². The molecule has 6 nitrogen and oxygen atoms in total. The van der Waals surface area contributed by atoms with E-state index in [4.69, 9.17) is 16.3 Å². The molecule has 2 aromatic carbocycles. The second-order valence-electron chi connectivity index (χ2n) is 5.28. The van der Waals surface area contributed by atoms with Gasteiger partial charge < -0.3 is 9.47 Å². The van der Waals surface area contributed by atoms with Gasteiger partial charge >= 0.3 is 5.97 Å². The third kappa shape index (κ3) is 8.15. The Bertz CT molecular complexity index is 797. The van der Waals surface area contributed by atoms with Gasteiger partial charge in [-0.15, -0.1) is 11.8 Å². The van der Waals surface area contributed by atoms with E-state index in [1.54, 1.807) is 36.0 Å². The number of thioether (sulfide) groups is 1. The molecule has 0 aromatic heterocycles. The van der Waals surface area contributed by atoms with Crippen LogP contribution in [0.15, 0.2) is 58.5 Å². The summed E-state index contributed by atoms with van der Waals surface area (Å²) in [6.07, 6.45) is 1.85. The number of rotatable bonds is 9. The molecular formula is C19H19ClN2O4S. The van der Waals surface area contributed by atoms with Crippen molar-refractivity contribution in [1.29, 1.82) is 0 Å². The Hall–Kier alpha value is -2.51. The average Bonchev–Trinajstić information content (AvgIpc) is 2.68. The highest BCUT2D eigenvalue weighted by Crippen LogP contribution is 2.20. The van der Waals surface area contributed by atoms with E-state index in [0.29, 0.717) is 22.9 Å². The summed E-state index contributed by atoms with van der Waals surface area (Å²) in [5.41, 5.74) is 3.22. The van der Waals surface area contributed by atoms with Crippen molar-refractivity contribution < 1.29 is 19.1 Å². The summed E-state index contributed by atoms with van der Waals surface area (Å²) >= 11 is 7.41. The van der Waals surface area contributed by atoms with Gasteiger partial charge in [-0.05, 0) is 42.0 Å². The normalized spacial score (nSPS) is 10.6. The van der Waals surface area contributed by atoms with Crippen molar-refractivity contribution in [3.63, 3.8) is 0 Å². The van der Waals surface area contributed by atoms with Gasteiger partial charge in [0.15, 0.2) is 6.61 Å². The smallest absolute Gasteiger partial charge is 0.343 e. The number of hydrazone groups is 1. The quantitative estimate of drug-likeness (QED) is 0.298. The van der Waals surface area contributed by atoms with Crippen molar-refractivity contribution in [1.82, 2.24) is 5.43 Å². The molecule has 0 fully saturated rings. The van der Waals surface area contributed by atoms with Crippen molar-refractivity contribution in [3.8, 4) is 5.75 Å². The maximum atomic E-state index is 11.8. The van der Waals surface area contributed by atoms with Crippen LogP contribution in [0.4, 0.5) is 0 Å². The molecule has 1 N–H and O–H groups in total. The van der Waals surface area contributed by atoms with E-state index in [0.717, 1.165) is 10.5 Å². The number of benzene rings is 2. The van der Waals surface area contributed by atoms with Crippen molar-refractivity contribution in [2.24, 2.45) is 5.10 Å². The molecule has 0 unspecified atom stereocenters. The van der Waals surface area contributed by atoms with Crippen LogP contribution in [0, 0.1) is 0 Å². The second-order valence-corrected chi connectivity index (χ2v) is 6.89. The van der Waals surface area contributed by atoms with Crippen LogP contribution in [0.3, 0.4) is 0 Å². The maximum absolute atomic E-state index is 11.8. The monoisotopic (exact) mass is 406 g/mol. The first-order valence-electron chi connectivity index (χ1n) is 8.07. The highest BCUT2D eigenvalue weighted by Gasteiger charge is 2.03. The first kappa shape index (κ1) is 20.8. The highest BCUT2D eigenvalue weighted by atomic mass is 35.5. The molecule has 0 radical (unpaired) electrons. The topological polar surface area (TPSA) is 77.0 Å². The molecule has 2 rings (SSSR count). The summed E-state index contributed by atoms with van der Waals surface area (Å²) in [4.78, 5) is 24.0. The Labute approximate surface area is 166 Å². The first-order chi connectivity index (χ1) is 13.1. The molecule has 0 spiro atoms. The fourth-order valence-electron chi connectivity index (χ4n) is 1.91. The van der Waals surface area contributed by atoms with Crippen LogP contribution < -0.4 is 10.2 Å². The van der Waals surface area contributed by atoms with Gasteiger partial charge in [-0.2, -0.15) is 5.10 Å². The molecular weight excluding hydrogens is 388 g/mol. The molecule has 27 heavy (non-hydrogen) atoms. The Morgan fingerprint density at radius 3 is 2.74 bits per heavy atom. The predicted octanol–water partition coefficient (Wildman–Crippen LogP) is 3.52. The van der Waals surface area contributed by atoms with Crippen LogP contribution in [0.25, 0.3) is 0 Å². The van der Waals surface area contributed by atoms with Crippen LogP contribution in [0.1, 0.15) is 12.0 Å². The molecule has 2 aromatic rings. The number of hydrogen-bond acceptors (Lipinski definition) is 6. The maximum Gasteiger partial charge on any atom is 0.343 e. The minimum Gasteiger partial charge on any atom is -0.482 e. The number of methoxy groups -OCH3 is 1. The third-order valence-electron chi connectivity index (χ3n) is 3.26. The molecule has 0 saturated heterocycles. The molecule has 8 heteroatoms. The summed E-state index contributed by atoms with van der Waals surface area (Å²) in [5, 5.41) is 4.62.